The van der Waals surface area contributed by atoms with Crippen LogP contribution in [0.15, 0.2) is 225 Å². The van der Waals surface area contributed by atoms with Gasteiger partial charge in [-0.15, -0.1) is 0 Å². The molecule has 0 atom stereocenters. The molecule has 0 fully saturated rings. The molecule has 11 rings (SSSR count). The molecule has 0 aliphatic carbocycles. The van der Waals surface area contributed by atoms with Crippen molar-refractivity contribution in [2.24, 2.45) is 0 Å². The van der Waals surface area contributed by atoms with Gasteiger partial charge in [0, 0.05) is 44.1 Å². The molecule has 298 valence electrons. The summed E-state index contributed by atoms with van der Waals surface area (Å²) in [4.78, 5) is 10.5. The van der Waals surface area contributed by atoms with E-state index in [0.717, 1.165) is 95.3 Å². The highest BCUT2D eigenvalue weighted by Gasteiger charge is 2.20. The fourth-order valence-electron chi connectivity index (χ4n) is 9.07. The molecule has 4 heteroatoms. The van der Waals surface area contributed by atoms with Gasteiger partial charge in [0.05, 0.1) is 39.3 Å². The Morgan fingerprint density at radius 2 is 0.889 bits per heavy atom. The number of rotatable bonds is 9. The molecular formula is C59H42N4. The molecule has 0 N–H and O–H groups in total. The molecule has 0 amide bonds. The van der Waals surface area contributed by atoms with Crippen LogP contribution in [0.2, 0.25) is 0 Å². The van der Waals surface area contributed by atoms with Crippen LogP contribution in [-0.4, -0.2) is 19.1 Å². The van der Waals surface area contributed by atoms with E-state index in [1.54, 1.807) is 0 Å². The number of pyridine rings is 2. The minimum absolute atomic E-state index is 0.882. The standard InChI is InChI=1S/C59H42N4/c1-3-4-27-49-40(2)62(48-38-54(43-23-13-7-14-24-43)60-55(39-48)44-25-15-8-16-26-44)57-32-30-45(34-51(49)57)46-31-33-58-52(35-46)50-28-17-18-29-56(50)63(58)59-37-47(41-19-9-5-10-20-41)36-53(61-59)42-21-11-6-12-22-42/h3-39H,1H2,2H3/b27-4-. The van der Waals surface area contributed by atoms with Gasteiger partial charge < -0.3 is 4.57 Å². The van der Waals surface area contributed by atoms with Crippen LogP contribution in [0.5, 0.6) is 0 Å². The number of allylic oxidation sites excluding steroid dienone is 2. The van der Waals surface area contributed by atoms with E-state index >= 15 is 0 Å². The number of hydrogen-bond acceptors (Lipinski definition) is 2. The minimum atomic E-state index is 0.882. The normalized spacial score (nSPS) is 11.6. The first-order valence-corrected chi connectivity index (χ1v) is 21.4. The van der Waals surface area contributed by atoms with Crippen molar-refractivity contribution in [2.45, 2.75) is 6.92 Å². The molecule has 7 aromatic carbocycles. The third-order valence-corrected chi connectivity index (χ3v) is 12.1. The van der Waals surface area contributed by atoms with Crippen LogP contribution in [-0.2, 0) is 0 Å². The second-order valence-electron chi connectivity index (χ2n) is 15.9. The Bertz CT molecular complexity index is 3390. The van der Waals surface area contributed by atoms with Gasteiger partial charge in [-0.05, 0) is 83.8 Å². The van der Waals surface area contributed by atoms with Gasteiger partial charge in [-0.3, -0.25) is 4.57 Å². The highest BCUT2D eigenvalue weighted by atomic mass is 15.1. The zero-order valence-electron chi connectivity index (χ0n) is 34.9. The predicted molar refractivity (Wildman–Crippen MR) is 264 cm³/mol. The molecule has 0 bridgehead atoms. The average molecular weight is 807 g/mol. The van der Waals surface area contributed by atoms with Crippen molar-refractivity contribution in [2.75, 3.05) is 0 Å². The van der Waals surface area contributed by atoms with Crippen molar-refractivity contribution in [1.82, 2.24) is 19.1 Å². The lowest BCUT2D eigenvalue weighted by molar-refractivity contribution is 1.04. The lowest BCUT2D eigenvalue weighted by Crippen LogP contribution is -2.00. The Morgan fingerprint density at radius 1 is 0.397 bits per heavy atom. The molecule has 4 nitrogen and oxygen atoms in total. The highest BCUT2D eigenvalue weighted by Crippen LogP contribution is 2.39. The molecule has 0 aliphatic heterocycles. The third-order valence-electron chi connectivity index (χ3n) is 12.1. The highest BCUT2D eigenvalue weighted by molar-refractivity contribution is 6.10. The molecule has 4 aromatic heterocycles. The Labute approximate surface area is 367 Å². The van der Waals surface area contributed by atoms with Gasteiger partial charge in [0.25, 0.3) is 0 Å². The van der Waals surface area contributed by atoms with Crippen LogP contribution >= 0.6 is 0 Å². The second-order valence-corrected chi connectivity index (χ2v) is 15.9. The van der Waals surface area contributed by atoms with E-state index in [2.05, 4.69) is 217 Å². The number of nitrogens with zero attached hydrogens (tertiary/aromatic N) is 4. The molecule has 0 saturated carbocycles. The first-order chi connectivity index (χ1) is 31.1. The number of benzene rings is 7. The number of para-hydroxylation sites is 1. The predicted octanol–water partition coefficient (Wildman–Crippen LogP) is 15.4. The van der Waals surface area contributed by atoms with Crippen LogP contribution in [0.1, 0.15) is 11.3 Å². The zero-order valence-corrected chi connectivity index (χ0v) is 34.9. The molecule has 0 unspecified atom stereocenters. The summed E-state index contributed by atoms with van der Waals surface area (Å²) in [6.07, 6.45) is 6.05. The fraction of sp³-hybridized carbons (Fsp3) is 0.0169. The van der Waals surface area contributed by atoms with Crippen LogP contribution in [0.25, 0.3) is 106 Å². The molecular weight excluding hydrogens is 765 g/mol. The average Bonchev–Trinajstić information content (AvgIpc) is 3.84. The van der Waals surface area contributed by atoms with E-state index in [1.807, 2.05) is 30.4 Å². The number of aromatic nitrogens is 4. The molecule has 0 radical (unpaired) electrons. The first-order valence-electron chi connectivity index (χ1n) is 21.4. The van der Waals surface area contributed by atoms with Crippen LogP contribution in [0.3, 0.4) is 0 Å². The Kier molecular flexibility index (Phi) is 9.52. The molecule has 4 heterocycles. The van der Waals surface area contributed by atoms with E-state index in [0.29, 0.717) is 0 Å². The van der Waals surface area contributed by atoms with E-state index in [4.69, 9.17) is 9.97 Å². The summed E-state index contributed by atoms with van der Waals surface area (Å²) in [6, 6.07) is 73.1. The first kappa shape index (κ1) is 37.6. The molecule has 0 aliphatic rings. The zero-order chi connectivity index (χ0) is 42.3. The molecule has 63 heavy (non-hydrogen) atoms. The summed E-state index contributed by atoms with van der Waals surface area (Å²) in [5.74, 6) is 0.882. The number of fused-ring (bicyclic) bond motifs is 4. The van der Waals surface area contributed by atoms with Crippen LogP contribution in [0, 0.1) is 6.92 Å². The van der Waals surface area contributed by atoms with Gasteiger partial charge in [0.1, 0.15) is 5.82 Å². The summed E-state index contributed by atoms with van der Waals surface area (Å²) < 4.78 is 4.69. The maximum Gasteiger partial charge on any atom is 0.138 e. The lowest BCUT2D eigenvalue weighted by atomic mass is 10.00. The smallest absolute Gasteiger partial charge is 0.138 e. The van der Waals surface area contributed by atoms with Crippen molar-refractivity contribution in [1.29, 1.82) is 0 Å². The van der Waals surface area contributed by atoms with E-state index in [9.17, 15) is 0 Å². The lowest BCUT2D eigenvalue weighted by Gasteiger charge is -2.14. The largest absolute Gasteiger partial charge is 0.313 e. The maximum absolute atomic E-state index is 5.34. The Balaban J connectivity index is 1.08. The summed E-state index contributed by atoms with van der Waals surface area (Å²) >= 11 is 0. The van der Waals surface area contributed by atoms with E-state index in [-0.39, 0.29) is 0 Å². The molecule has 0 saturated heterocycles. The monoisotopic (exact) mass is 806 g/mol. The summed E-state index contributed by atoms with van der Waals surface area (Å²) in [6.45, 7) is 6.22. The van der Waals surface area contributed by atoms with Gasteiger partial charge >= 0.3 is 0 Å². The van der Waals surface area contributed by atoms with Crippen molar-refractivity contribution < 1.29 is 0 Å². The van der Waals surface area contributed by atoms with Gasteiger partial charge in [-0.1, -0.05) is 176 Å². The number of hydrogen-bond donors (Lipinski definition) is 0. The fourth-order valence-corrected chi connectivity index (χ4v) is 9.07. The summed E-state index contributed by atoms with van der Waals surface area (Å²) in [5.41, 5.74) is 17.3. The van der Waals surface area contributed by atoms with Gasteiger partial charge in [-0.25, -0.2) is 9.97 Å². The van der Waals surface area contributed by atoms with Gasteiger partial charge in [-0.2, -0.15) is 0 Å². The van der Waals surface area contributed by atoms with Crippen molar-refractivity contribution in [3.8, 4) is 67.5 Å². The van der Waals surface area contributed by atoms with Crippen molar-refractivity contribution in [3.05, 3.63) is 236 Å². The van der Waals surface area contributed by atoms with Crippen LogP contribution < -0.4 is 0 Å². The SMILES string of the molecule is C=C/C=C\c1c(C)n(-c2cc(-c3ccccc3)nc(-c3ccccc3)c2)c2ccc(-c3ccc4c(c3)c3ccccc3n4-c3cc(-c4ccccc4)cc(-c4ccccc4)n3)cc12. The quantitative estimate of drug-likeness (QED) is 0.136. The third kappa shape index (κ3) is 6.84. The Hall–Kier alpha value is -8.34. The van der Waals surface area contributed by atoms with Crippen LogP contribution in [0.4, 0.5) is 0 Å². The summed E-state index contributed by atoms with van der Waals surface area (Å²) in [5, 5.41) is 3.53. The second kappa shape index (κ2) is 15.9. The minimum Gasteiger partial charge on any atom is -0.313 e. The van der Waals surface area contributed by atoms with E-state index in [1.165, 1.54) is 16.2 Å². The van der Waals surface area contributed by atoms with Crippen molar-refractivity contribution in [3.63, 3.8) is 0 Å². The van der Waals surface area contributed by atoms with E-state index < -0.39 is 0 Å². The Morgan fingerprint density at radius 3 is 1.48 bits per heavy atom. The molecule has 11 aromatic rings. The maximum atomic E-state index is 5.34. The topological polar surface area (TPSA) is 35.6 Å². The van der Waals surface area contributed by atoms with Gasteiger partial charge in [0.15, 0.2) is 0 Å². The van der Waals surface area contributed by atoms with Crippen molar-refractivity contribution >= 4 is 38.8 Å². The summed E-state index contributed by atoms with van der Waals surface area (Å²) in [7, 11) is 0. The molecule has 0 spiro atoms. The van der Waals surface area contributed by atoms with Gasteiger partial charge in [0.2, 0.25) is 0 Å².